The molecule has 0 fully saturated rings. The molecule has 1 aromatic carbocycles. The molecule has 0 radical (unpaired) electrons. The molecule has 0 saturated heterocycles. The van der Waals surface area contributed by atoms with Gasteiger partial charge in [0.05, 0.1) is 0 Å². The van der Waals surface area contributed by atoms with Crippen LogP contribution in [0.25, 0.3) is 5.70 Å². The number of hydrogen-bond donors (Lipinski definition) is 3. The Morgan fingerprint density at radius 2 is 2.18 bits per heavy atom. The topological polar surface area (TPSA) is 52.0 Å². The molecule has 0 spiro atoms. The van der Waals surface area contributed by atoms with E-state index in [2.05, 4.69) is 12.6 Å². The number of nitrogens with two attached hydrogens (primary N) is 2. The van der Waals surface area contributed by atoms with Gasteiger partial charge in [0, 0.05) is 11.4 Å². The predicted octanol–water partition coefficient (Wildman–Crippen LogP) is 1.46. The van der Waals surface area contributed by atoms with Gasteiger partial charge in [-0.15, -0.1) is 12.6 Å². The van der Waals surface area contributed by atoms with Crippen molar-refractivity contribution in [2.75, 3.05) is 5.73 Å². The fraction of sp³-hybridized carbons (Fsp3) is 0. The molecule has 0 aliphatic heterocycles. The van der Waals surface area contributed by atoms with Crippen LogP contribution in [0.4, 0.5) is 5.69 Å². The molecule has 2 nitrogen and oxygen atoms in total. The molecule has 0 atom stereocenters. The summed E-state index contributed by atoms with van der Waals surface area (Å²) < 4.78 is 0. The van der Waals surface area contributed by atoms with Crippen LogP contribution in [0, 0.1) is 0 Å². The zero-order valence-corrected chi connectivity index (χ0v) is 6.88. The zero-order chi connectivity index (χ0) is 8.27. The summed E-state index contributed by atoms with van der Waals surface area (Å²) in [4.78, 5) is 0. The van der Waals surface area contributed by atoms with E-state index in [1.165, 1.54) is 0 Å². The first-order valence-corrected chi connectivity index (χ1v) is 3.71. The molecule has 4 N–H and O–H groups in total. The van der Waals surface area contributed by atoms with Gasteiger partial charge in [0.25, 0.3) is 0 Å². The van der Waals surface area contributed by atoms with E-state index in [9.17, 15) is 0 Å². The quantitative estimate of drug-likeness (QED) is 0.437. The minimum atomic E-state index is 0.626. The molecule has 11 heavy (non-hydrogen) atoms. The van der Waals surface area contributed by atoms with Crippen molar-refractivity contribution < 1.29 is 0 Å². The third-order valence-electron chi connectivity index (χ3n) is 1.36. The molecule has 1 rings (SSSR count). The molecule has 1 aromatic rings. The minimum absolute atomic E-state index is 0.626. The third kappa shape index (κ3) is 1.91. The highest BCUT2D eigenvalue weighted by molar-refractivity contribution is 7.83. The van der Waals surface area contributed by atoms with E-state index in [0.29, 0.717) is 11.4 Å². The first-order valence-electron chi connectivity index (χ1n) is 3.20. The Morgan fingerprint density at radius 1 is 1.45 bits per heavy atom. The minimum Gasteiger partial charge on any atom is -0.399 e. The van der Waals surface area contributed by atoms with Crippen molar-refractivity contribution >= 4 is 24.0 Å². The Labute approximate surface area is 71.3 Å². The summed E-state index contributed by atoms with van der Waals surface area (Å²) in [6.45, 7) is 0. The molecule has 0 unspecified atom stereocenters. The predicted molar refractivity (Wildman–Crippen MR) is 52.0 cm³/mol. The van der Waals surface area contributed by atoms with Crippen molar-refractivity contribution in [1.82, 2.24) is 0 Å². The highest BCUT2D eigenvalue weighted by Crippen LogP contribution is 2.12. The average Bonchev–Trinajstić information content (AvgIpc) is 2.03. The highest BCUT2D eigenvalue weighted by atomic mass is 32.1. The normalized spacial score (nSPS) is 11.5. The van der Waals surface area contributed by atoms with Gasteiger partial charge in [-0.2, -0.15) is 0 Å². The van der Waals surface area contributed by atoms with Crippen LogP contribution in [-0.4, -0.2) is 0 Å². The van der Waals surface area contributed by atoms with Crippen LogP contribution < -0.4 is 11.5 Å². The van der Waals surface area contributed by atoms with Crippen LogP contribution in [0.5, 0.6) is 0 Å². The van der Waals surface area contributed by atoms with Crippen molar-refractivity contribution in [3.63, 3.8) is 0 Å². The molecule has 0 aliphatic carbocycles. The van der Waals surface area contributed by atoms with E-state index in [1.807, 2.05) is 24.3 Å². The first kappa shape index (κ1) is 8.01. The molecule has 3 heteroatoms. The van der Waals surface area contributed by atoms with Gasteiger partial charge in [0.15, 0.2) is 0 Å². The summed E-state index contributed by atoms with van der Waals surface area (Å²) in [6, 6.07) is 7.37. The van der Waals surface area contributed by atoms with Crippen LogP contribution in [-0.2, 0) is 0 Å². The van der Waals surface area contributed by atoms with Crippen LogP contribution in [0.15, 0.2) is 29.7 Å². The lowest BCUT2D eigenvalue weighted by atomic mass is 10.1. The summed E-state index contributed by atoms with van der Waals surface area (Å²) in [5.74, 6) is 0. The Hall–Kier alpha value is -1.09. The standard InChI is InChI=1S/C8H10N2S/c9-7-3-1-2-6(4-7)8(10)5-11/h1-5,11H,9-10H2/b8-5-. The maximum absolute atomic E-state index is 5.59. The van der Waals surface area contributed by atoms with Crippen molar-refractivity contribution in [2.24, 2.45) is 5.73 Å². The molecule has 58 valence electrons. The first-order chi connectivity index (χ1) is 5.24. The van der Waals surface area contributed by atoms with Crippen LogP contribution >= 0.6 is 12.6 Å². The van der Waals surface area contributed by atoms with E-state index in [4.69, 9.17) is 11.5 Å². The summed E-state index contributed by atoms with van der Waals surface area (Å²) in [7, 11) is 0. The van der Waals surface area contributed by atoms with Crippen molar-refractivity contribution in [3.8, 4) is 0 Å². The lowest BCUT2D eigenvalue weighted by Gasteiger charge is -2.00. The van der Waals surface area contributed by atoms with E-state index >= 15 is 0 Å². The van der Waals surface area contributed by atoms with Gasteiger partial charge in [0.2, 0.25) is 0 Å². The number of benzene rings is 1. The molecular formula is C8H10N2S. The van der Waals surface area contributed by atoms with Gasteiger partial charge < -0.3 is 11.5 Å². The Kier molecular flexibility index (Phi) is 2.44. The second-order valence-electron chi connectivity index (χ2n) is 2.21. The summed E-state index contributed by atoms with van der Waals surface area (Å²) in [5.41, 5.74) is 13.4. The Balaban J connectivity index is 3.06. The maximum atomic E-state index is 5.59. The van der Waals surface area contributed by atoms with Gasteiger partial charge in [-0.05, 0) is 23.1 Å². The number of nitrogen functional groups attached to an aromatic ring is 1. The SMILES string of the molecule is N/C(=C\S)c1cccc(N)c1. The molecular weight excluding hydrogens is 156 g/mol. The smallest absolute Gasteiger partial charge is 0.0449 e. The van der Waals surface area contributed by atoms with Crippen LogP contribution in [0.2, 0.25) is 0 Å². The van der Waals surface area contributed by atoms with Crippen molar-refractivity contribution in [3.05, 3.63) is 35.2 Å². The van der Waals surface area contributed by atoms with E-state index < -0.39 is 0 Å². The van der Waals surface area contributed by atoms with Gasteiger partial charge >= 0.3 is 0 Å². The van der Waals surface area contributed by atoms with Gasteiger partial charge in [-0.3, -0.25) is 0 Å². The highest BCUT2D eigenvalue weighted by Gasteiger charge is 1.93. The fourth-order valence-corrected chi connectivity index (χ4v) is 0.942. The Bertz CT molecular complexity index is 281. The second-order valence-corrected chi connectivity index (χ2v) is 2.47. The molecule has 0 aliphatic rings. The van der Waals surface area contributed by atoms with Crippen molar-refractivity contribution in [2.45, 2.75) is 0 Å². The van der Waals surface area contributed by atoms with Crippen LogP contribution in [0.3, 0.4) is 0 Å². The Morgan fingerprint density at radius 3 is 2.73 bits per heavy atom. The molecule has 0 amide bonds. The largest absolute Gasteiger partial charge is 0.399 e. The van der Waals surface area contributed by atoms with E-state index in [1.54, 1.807) is 5.41 Å². The van der Waals surface area contributed by atoms with Crippen molar-refractivity contribution in [1.29, 1.82) is 0 Å². The van der Waals surface area contributed by atoms with E-state index in [-0.39, 0.29) is 0 Å². The second kappa shape index (κ2) is 3.34. The molecule has 0 heterocycles. The molecule has 0 saturated carbocycles. The zero-order valence-electron chi connectivity index (χ0n) is 5.99. The fourth-order valence-electron chi connectivity index (χ4n) is 0.793. The van der Waals surface area contributed by atoms with E-state index in [0.717, 1.165) is 5.56 Å². The summed E-state index contributed by atoms with van der Waals surface area (Å²) in [6.07, 6.45) is 0. The van der Waals surface area contributed by atoms with Crippen LogP contribution in [0.1, 0.15) is 5.56 Å². The summed E-state index contributed by atoms with van der Waals surface area (Å²) in [5, 5.41) is 1.55. The molecule has 0 bridgehead atoms. The van der Waals surface area contributed by atoms with Gasteiger partial charge in [0.1, 0.15) is 0 Å². The summed E-state index contributed by atoms with van der Waals surface area (Å²) >= 11 is 3.93. The lowest BCUT2D eigenvalue weighted by molar-refractivity contribution is 1.53. The monoisotopic (exact) mass is 166 g/mol. The average molecular weight is 166 g/mol. The lowest BCUT2D eigenvalue weighted by Crippen LogP contribution is -1.95. The molecule has 0 aromatic heterocycles. The number of thiol groups is 1. The number of anilines is 1. The maximum Gasteiger partial charge on any atom is 0.0449 e. The van der Waals surface area contributed by atoms with Gasteiger partial charge in [-0.25, -0.2) is 0 Å². The number of rotatable bonds is 1. The number of hydrogen-bond acceptors (Lipinski definition) is 3. The van der Waals surface area contributed by atoms with Gasteiger partial charge in [-0.1, -0.05) is 12.1 Å². The third-order valence-corrected chi connectivity index (χ3v) is 1.64.